The zero-order valence-electron chi connectivity index (χ0n) is 16.3. The molecule has 0 fully saturated rings. The second kappa shape index (κ2) is 5.57. The predicted octanol–water partition coefficient (Wildman–Crippen LogP) is 5.39. The van der Waals surface area contributed by atoms with Crippen molar-refractivity contribution in [1.82, 2.24) is 0 Å². The van der Waals surface area contributed by atoms with E-state index < -0.39 is 8.07 Å². The van der Waals surface area contributed by atoms with Gasteiger partial charge in [0.2, 0.25) is 0 Å². The first-order valence-electron chi connectivity index (χ1n) is 9.46. The SMILES string of the molecule is Cc1ccc([Si](C)(C)c2ccc(C)c3c2C(C)C=C3)c2c1C=CC2C. The predicted molar refractivity (Wildman–Crippen MR) is 114 cm³/mol. The lowest BCUT2D eigenvalue weighted by Gasteiger charge is -2.31. The molecule has 4 rings (SSSR count). The Morgan fingerprint density at radius 2 is 1.08 bits per heavy atom. The number of hydrogen-bond acceptors (Lipinski definition) is 0. The first-order chi connectivity index (χ1) is 11.8. The molecular formula is C24H28Si. The van der Waals surface area contributed by atoms with Crippen LogP contribution in [0.5, 0.6) is 0 Å². The van der Waals surface area contributed by atoms with Gasteiger partial charge in [-0.25, -0.2) is 0 Å². The minimum atomic E-state index is -1.78. The summed E-state index contributed by atoms with van der Waals surface area (Å²) >= 11 is 0. The van der Waals surface area contributed by atoms with Crippen molar-refractivity contribution < 1.29 is 0 Å². The molecule has 1 heteroatoms. The van der Waals surface area contributed by atoms with E-state index in [0.717, 1.165) is 0 Å². The summed E-state index contributed by atoms with van der Waals surface area (Å²) in [6, 6.07) is 9.54. The number of allylic oxidation sites excluding steroid dienone is 2. The van der Waals surface area contributed by atoms with Gasteiger partial charge in [0, 0.05) is 0 Å². The summed E-state index contributed by atoms with van der Waals surface area (Å²) in [5.74, 6) is 1.07. The summed E-state index contributed by atoms with van der Waals surface area (Å²) in [5.41, 5.74) is 8.94. The Balaban J connectivity index is 1.95. The molecule has 0 radical (unpaired) electrons. The van der Waals surface area contributed by atoms with Crippen molar-refractivity contribution >= 4 is 30.6 Å². The summed E-state index contributed by atoms with van der Waals surface area (Å²) in [6.07, 6.45) is 9.42. The fourth-order valence-corrected chi connectivity index (χ4v) is 8.18. The lowest BCUT2D eigenvalue weighted by molar-refractivity contribution is 0.990. The van der Waals surface area contributed by atoms with Crippen molar-refractivity contribution in [2.24, 2.45) is 0 Å². The van der Waals surface area contributed by atoms with E-state index in [4.69, 9.17) is 0 Å². The van der Waals surface area contributed by atoms with Gasteiger partial charge in [0.25, 0.3) is 0 Å². The van der Waals surface area contributed by atoms with E-state index in [1.807, 2.05) is 0 Å². The third kappa shape index (κ3) is 2.32. The third-order valence-corrected chi connectivity index (χ3v) is 9.94. The van der Waals surface area contributed by atoms with E-state index in [0.29, 0.717) is 11.8 Å². The van der Waals surface area contributed by atoms with Crippen LogP contribution in [0.25, 0.3) is 12.2 Å². The van der Waals surface area contributed by atoms with E-state index in [1.165, 1.54) is 22.3 Å². The summed E-state index contributed by atoms with van der Waals surface area (Å²) in [7, 11) is -1.78. The topological polar surface area (TPSA) is 0 Å². The lowest BCUT2D eigenvalue weighted by Crippen LogP contribution is -2.56. The summed E-state index contributed by atoms with van der Waals surface area (Å²) < 4.78 is 0. The van der Waals surface area contributed by atoms with Crippen LogP contribution in [0.4, 0.5) is 0 Å². The lowest BCUT2D eigenvalue weighted by atomic mass is 9.99. The van der Waals surface area contributed by atoms with Crippen LogP contribution >= 0.6 is 0 Å². The van der Waals surface area contributed by atoms with Gasteiger partial charge in [0.1, 0.15) is 8.07 Å². The number of fused-ring (bicyclic) bond motifs is 2. The largest absolute Gasteiger partial charge is 0.113 e. The van der Waals surface area contributed by atoms with Crippen molar-refractivity contribution in [3.63, 3.8) is 0 Å². The highest BCUT2D eigenvalue weighted by Crippen LogP contribution is 2.35. The molecule has 2 aliphatic rings. The minimum absolute atomic E-state index is 0.533. The fourth-order valence-electron chi connectivity index (χ4n) is 4.82. The standard InChI is InChI=1S/C24H28Si/c1-15-9-13-21(23-17(3)7-11-19(15)23)25(5,6)22-14-10-16(2)20-12-8-18(4)24(20)22/h7-14,17-18H,1-6H3. The van der Waals surface area contributed by atoms with Crippen molar-refractivity contribution in [2.75, 3.05) is 0 Å². The molecule has 0 aliphatic heterocycles. The monoisotopic (exact) mass is 344 g/mol. The molecule has 25 heavy (non-hydrogen) atoms. The van der Waals surface area contributed by atoms with Crippen LogP contribution in [0.1, 0.15) is 59.1 Å². The van der Waals surface area contributed by atoms with Crippen LogP contribution in [0.3, 0.4) is 0 Å². The van der Waals surface area contributed by atoms with Gasteiger partial charge in [-0.1, -0.05) is 85.9 Å². The van der Waals surface area contributed by atoms with Crippen molar-refractivity contribution in [2.45, 2.75) is 52.6 Å². The van der Waals surface area contributed by atoms with E-state index in [-0.39, 0.29) is 0 Å². The summed E-state index contributed by atoms with van der Waals surface area (Å²) in [5, 5.41) is 3.24. The van der Waals surface area contributed by atoms with E-state index >= 15 is 0 Å². The first-order valence-corrected chi connectivity index (χ1v) is 12.5. The Bertz CT molecular complexity index is 852. The number of benzene rings is 2. The Labute approximate surface area is 153 Å². The maximum Gasteiger partial charge on any atom is 0.113 e. The van der Waals surface area contributed by atoms with Crippen LogP contribution in [-0.2, 0) is 0 Å². The van der Waals surface area contributed by atoms with Gasteiger partial charge in [0.05, 0.1) is 0 Å². The van der Waals surface area contributed by atoms with Crippen molar-refractivity contribution in [3.05, 3.63) is 69.8 Å². The highest BCUT2D eigenvalue weighted by Gasteiger charge is 2.35. The second-order valence-corrected chi connectivity index (χ2v) is 12.8. The highest BCUT2D eigenvalue weighted by molar-refractivity contribution is 7.01. The van der Waals surface area contributed by atoms with Crippen LogP contribution in [-0.4, -0.2) is 8.07 Å². The van der Waals surface area contributed by atoms with Gasteiger partial charge in [-0.05, 0) is 59.1 Å². The zero-order chi connectivity index (χ0) is 17.9. The molecule has 128 valence electrons. The van der Waals surface area contributed by atoms with E-state index in [2.05, 4.69) is 89.4 Å². The van der Waals surface area contributed by atoms with Crippen LogP contribution in [0, 0.1) is 13.8 Å². The molecule has 2 aromatic carbocycles. The van der Waals surface area contributed by atoms with Gasteiger partial charge in [-0.3, -0.25) is 0 Å². The molecule has 2 unspecified atom stereocenters. The smallest absolute Gasteiger partial charge is 0.0767 e. The van der Waals surface area contributed by atoms with Crippen LogP contribution in [0.2, 0.25) is 13.1 Å². The van der Waals surface area contributed by atoms with Crippen LogP contribution in [0.15, 0.2) is 36.4 Å². The average Bonchev–Trinajstić information content (AvgIpc) is 3.14. The molecule has 0 N–H and O–H groups in total. The molecular weight excluding hydrogens is 316 g/mol. The molecule has 0 saturated carbocycles. The molecule has 0 bridgehead atoms. The summed E-state index contributed by atoms with van der Waals surface area (Å²) in [4.78, 5) is 0. The van der Waals surface area contributed by atoms with Gasteiger partial charge in [-0.2, -0.15) is 0 Å². The number of rotatable bonds is 2. The quantitative estimate of drug-likeness (QED) is 0.641. The molecule has 0 heterocycles. The Hall–Kier alpha value is -1.86. The van der Waals surface area contributed by atoms with Gasteiger partial charge < -0.3 is 0 Å². The molecule has 0 spiro atoms. The van der Waals surface area contributed by atoms with Gasteiger partial charge in [-0.15, -0.1) is 0 Å². The number of hydrogen-bond donors (Lipinski definition) is 0. The third-order valence-electron chi connectivity index (χ3n) is 6.37. The minimum Gasteiger partial charge on any atom is -0.0767 e. The fraction of sp³-hybridized carbons (Fsp3) is 0.333. The highest BCUT2D eigenvalue weighted by atomic mass is 28.3. The van der Waals surface area contributed by atoms with Gasteiger partial charge in [0.15, 0.2) is 0 Å². The maximum absolute atomic E-state index is 2.54. The average molecular weight is 345 g/mol. The molecule has 0 aromatic heterocycles. The molecule has 0 nitrogen and oxygen atoms in total. The maximum atomic E-state index is 2.54. The van der Waals surface area contributed by atoms with Crippen LogP contribution < -0.4 is 10.4 Å². The molecule has 0 amide bonds. The second-order valence-electron chi connectivity index (χ2n) is 8.44. The van der Waals surface area contributed by atoms with Gasteiger partial charge >= 0.3 is 0 Å². The number of aryl methyl sites for hydroxylation is 2. The molecule has 0 saturated heterocycles. The summed E-state index contributed by atoms with van der Waals surface area (Å²) in [6.45, 7) is 14.3. The Morgan fingerprint density at radius 3 is 1.48 bits per heavy atom. The van der Waals surface area contributed by atoms with E-state index in [9.17, 15) is 0 Å². The molecule has 2 aromatic rings. The Morgan fingerprint density at radius 1 is 0.680 bits per heavy atom. The van der Waals surface area contributed by atoms with Crippen molar-refractivity contribution in [3.8, 4) is 0 Å². The zero-order valence-corrected chi connectivity index (χ0v) is 17.3. The normalized spacial score (nSPS) is 20.9. The molecule has 2 aliphatic carbocycles. The van der Waals surface area contributed by atoms with E-state index in [1.54, 1.807) is 21.5 Å². The first kappa shape index (κ1) is 16.6. The molecule has 2 atom stereocenters. The Kier molecular flexibility index (Phi) is 3.70. The van der Waals surface area contributed by atoms with Crippen molar-refractivity contribution in [1.29, 1.82) is 0 Å².